The van der Waals surface area contributed by atoms with E-state index in [1.165, 1.54) is 44.1 Å². The van der Waals surface area contributed by atoms with Crippen LogP contribution in [0.1, 0.15) is 95.2 Å². The van der Waals surface area contributed by atoms with Crippen molar-refractivity contribution in [2.24, 2.45) is 0 Å². The molecule has 1 aromatic carbocycles. The number of rotatable bonds is 13. The Morgan fingerprint density at radius 2 is 1.19 bits per heavy atom. The zero-order chi connectivity index (χ0) is 18.7. The van der Waals surface area contributed by atoms with Crippen LogP contribution >= 0.6 is 0 Å². The summed E-state index contributed by atoms with van der Waals surface area (Å²) >= 11 is 0. The molecule has 0 heterocycles. The summed E-state index contributed by atoms with van der Waals surface area (Å²) in [7, 11) is -4.40. The van der Waals surface area contributed by atoms with Crippen LogP contribution in [0.4, 0.5) is 0 Å². The van der Waals surface area contributed by atoms with Crippen molar-refractivity contribution in [3.63, 3.8) is 0 Å². The molecule has 0 spiro atoms. The summed E-state index contributed by atoms with van der Waals surface area (Å²) in [5.74, 6) is 0. The van der Waals surface area contributed by atoms with Crippen LogP contribution < -0.4 is 29.6 Å². The maximum absolute atomic E-state index is 11.6. The zero-order valence-corrected chi connectivity index (χ0v) is 20.1. The number of hydrogen-bond donors (Lipinski definition) is 0. The fourth-order valence-corrected chi connectivity index (χ4v) is 4.19. The Morgan fingerprint density at radius 3 is 1.73 bits per heavy atom. The van der Waals surface area contributed by atoms with Crippen LogP contribution in [0.3, 0.4) is 0 Å². The second-order valence-electron chi connectivity index (χ2n) is 7.05. The van der Waals surface area contributed by atoms with E-state index in [4.69, 9.17) is 0 Å². The van der Waals surface area contributed by atoms with Gasteiger partial charge in [0.05, 0.1) is 4.90 Å². The molecule has 5 heteroatoms. The predicted octanol–water partition coefficient (Wildman–Crippen LogP) is 2.79. The van der Waals surface area contributed by atoms with Crippen molar-refractivity contribution in [1.29, 1.82) is 0 Å². The Balaban J connectivity index is 0.00000625. The third-order valence-corrected chi connectivity index (χ3v) is 5.66. The molecule has 0 bridgehead atoms. The maximum atomic E-state index is 11.6. The smallest absolute Gasteiger partial charge is 0.744 e. The maximum Gasteiger partial charge on any atom is 1.00 e. The van der Waals surface area contributed by atoms with Gasteiger partial charge in [-0.2, -0.15) is 0 Å². The monoisotopic (exact) mass is 390 g/mol. The van der Waals surface area contributed by atoms with Crippen molar-refractivity contribution in [3.05, 3.63) is 28.8 Å². The van der Waals surface area contributed by atoms with Gasteiger partial charge in [-0.15, -0.1) is 0 Å². The van der Waals surface area contributed by atoms with Crippen molar-refractivity contribution in [1.82, 2.24) is 0 Å². The Morgan fingerprint density at radius 1 is 0.692 bits per heavy atom. The third-order valence-electron chi connectivity index (χ3n) is 4.74. The molecule has 0 radical (unpaired) electrons. The summed E-state index contributed by atoms with van der Waals surface area (Å²) in [6, 6.07) is 3.66. The summed E-state index contributed by atoms with van der Waals surface area (Å²) in [4.78, 5) is 0.00103. The first kappa shape index (κ1) is 26.1. The largest absolute Gasteiger partial charge is 1.00 e. The van der Waals surface area contributed by atoms with Crippen LogP contribution in [0.15, 0.2) is 17.0 Å². The number of hydrogen-bond acceptors (Lipinski definition) is 3. The van der Waals surface area contributed by atoms with E-state index in [9.17, 15) is 13.0 Å². The van der Waals surface area contributed by atoms with E-state index < -0.39 is 10.1 Å². The molecule has 0 fully saturated rings. The molecule has 1 aromatic rings. The van der Waals surface area contributed by atoms with Crippen LogP contribution in [-0.2, 0) is 29.4 Å². The molecule has 3 nitrogen and oxygen atoms in total. The SMILES string of the molecule is CCCCCCCCCc1cc(CCC)c(S(=O)(=O)[O-])cc1CCC.[Na+]. The molecule has 26 heavy (non-hydrogen) atoms. The Bertz CT molecular complexity index is 612. The van der Waals surface area contributed by atoms with Crippen molar-refractivity contribution in [2.45, 2.75) is 103 Å². The molecule has 0 saturated heterocycles. The predicted molar refractivity (Wildman–Crippen MR) is 104 cm³/mol. The molecule has 144 valence electrons. The molecule has 0 amide bonds. The van der Waals surface area contributed by atoms with Gasteiger partial charge in [-0.25, -0.2) is 8.42 Å². The Kier molecular flexibility index (Phi) is 14.2. The summed E-state index contributed by atoms with van der Waals surface area (Å²) in [6.07, 6.45) is 13.1. The summed E-state index contributed by atoms with van der Waals surface area (Å²) in [5.41, 5.74) is 2.99. The number of aryl methyl sites for hydroxylation is 3. The van der Waals surface area contributed by atoms with E-state index in [-0.39, 0.29) is 34.5 Å². The minimum absolute atomic E-state index is 0. The average molecular weight is 391 g/mol. The quantitative estimate of drug-likeness (QED) is 0.296. The first-order valence-electron chi connectivity index (χ1n) is 10.0. The fourth-order valence-electron chi connectivity index (χ4n) is 3.42. The minimum atomic E-state index is -4.40. The molecule has 0 aliphatic carbocycles. The van der Waals surface area contributed by atoms with E-state index in [0.29, 0.717) is 12.0 Å². The molecule has 0 atom stereocenters. The second kappa shape index (κ2) is 14.2. The van der Waals surface area contributed by atoms with Gasteiger partial charge < -0.3 is 4.55 Å². The topological polar surface area (TPSA) is 57.2 Å². The molecule has 0 N–H and O–H groups in total. The standard InChI is InChI=1S/C21H36O3S.Na/c1-4-7-8-9-10-11-12-15-19-16-20(14-6-3)21(25(22,23)24)17-18(19)13-5-2;/h16-17H,4-15H2,1-3H3,(H,22,23,24);/q;+1/p-1. The van der Waals surface area contributed by atoms with E-state index in [0.717, 1.165) is 37.7 Å². The summed E-state index contributed by atoms with van der Waals surface area (Å²) < 4.78 is 34.9. The second-order valence-corrected chi connectivity index (χ2v) is 8.40. The van der Waals surface area contributed by atoms with E-state index in [1.54, 1.807) is 6.07 Å². The molecular formula is C21H35NaO3S. The Hall–Kier alpha value is 0.130. The first-order valence-corrected chi connectivity index (χ1v) is 11.4. The van der Waals surface area contributed by atoms with E-state index >= 15 is 0 Å². The number of benzene rings is 1. The van der Waals surface area contributed by atoms with E-state index in [2.05, 4.69) is 13.8 Å². The van der Waals surface area contributed by atoms with Crippen molar-refractivity contribution in [2.75, 3.05) is 0 Å². The van der Waals surface area contributed by atoms with Crippen LogP contribution in [0, 0.1) is 0 Å². The molecule has 0 aromatic heterocycles. The molecule has 0 aliphatic rings. The minimum Gasteiger partial charge on any atom is -0.744 e. The average Bonchev–Trinajstić information content (AvgIpc) is 2.55. The fraction of sp³-hybridized carbons (Fsp3) is 0.714. The van der Waals surface area contributed by atoms with Gasteiger partial charge in [0.2, 0.25) is 0 Å². The number of unbranched alkanes of at least 4 members (excludes halogenated alkanes) is 6. The van der Waals surface area contributed by atoms with Crippen LogP contribution in [0.25, 0.3) is 0 Å². The molecular weight excluding hydrogens is 355 g/mol. The van der Waals surface area contributed by atoms with Crippen LogP contribution in [0.2, 0.25) is 0 Å². The zero-order valence-electron chi connectivity index (χ0n) is 17.3. The van der Waals surface area contributed by atoms with Gasteiger partial charge in [0.15, 0.2) is 0 Å². The molecule has 1 rings (SSSR count). The van der Waals surface area contributed by atoms with E-state index in [1.807, 2.05) is 13.0 Å². The van der Waals surface area contributed by atoms with Crippen molar-refractivity contribution in [3.8, 4) is 0 Å². The van der Waals surface area contributed by atoms with Crippen molar-refractivity contribution >= 4 is 10.1 Å². The van der Waals surface area contributed by atoms with Gasteiger partial charge in [0, 0.05) is 0 Å². The van der Waals surface area contributed by atoms with Gasteiger partial charge >= 0.3 is 29.6 Å². The van der Waals surface area contributed by atoms with Gasteiger partial charge in [-0.1, -0.05) is 78.2 Å². The van der Waals surface area contributed by atoms with Crippen LogP contribution in [-0.4, -0.2) is 13.0 Å². The van der Waals surface area contributed by atoms with Crippen LogP contribution in [0.5, 0.6) is 0 Å². The van der Waals surface area contributed by atoms with Gasteiger partial charge in [-0.05, 0) is 48.4 Å². The Labute approximate surface area is 183 Å². The van der Waals surface area contributed by atoms with Gasteiger partial charge in [0.1, 0.15) is 10.1 Å². The summed E-state index contributed by atoms with van der Waals surface area (Å²) in [5, 5.41) is 0. The van der Waals surface area contributed by atoms with Gasteiger partial charge in [0.25, 0.3) is 0 Å². The van der Waals surface area contributed by atoms with Gasteiger partial charge in [-0.3, -0.25) is 0 Å². The van der Waals surface area contributed by atoms with Crippen molar-refractivity contribution < 1.29 is 42.5 Å². The molecule has 0 saturated carbocycles. The summed E-state index contributed by atoms with van der Waals surface area (Å²) in [6.45, 7) is 6.33. The molecule has 0 aliphatic heterocycles. The normalized spacial score (nSPS) is 11.4. The first-order chi connectivity index (χ1) is 11.9. The third kappa shape index (κ3) is 9.36. The molecule has 0 unspecified atom stereocenters.